The number of aliphatic imine (C=N–C) groups is 1. The lowest BCUT2D eigenvalue weighted by atomic mass is 10.0. The van der Waals surface area contributed by atoms with Crippen LogP contribution in [0.2, 0.25) is 0 Å². The molecule has 26 heavy (non-hydrogen) atoms. The first-order valence-electron chi connectivity index (χ1n) is 9.67. The maximum atomic E-state index is 5.75. The highest BCUT2D eigenvalue weighted by atomic mass is 16.5. The van der Waals surface area contributed by atoms with Crippen molar-refractivity contribution in [2.45, 2.75) is 46.1 Å². The average Bonchev–Trinajstić information content (AvgIpc) is 3.42. The Morgan fingerprint density at radius 2 is 1.88 bits per heavy atom. The van der Waals surface area contributed by atoms with Crippen molar-refractivity contribution in [1.29, 1.82) is 0 Å². The summed E-state index contributed by atoms with van der Waals surface area (Å²) in [6, 6.07) is 8.48. The van der Waals surface area contributed by atoms with E-state index in [9.17, 15) is 0 Å². The highest BCUT2D eigenvalue weighted by Gasteiger charge is 2.41. The number of nitrogens with zero attached hydrogens (tertiary/aromatic N) is 1. The fourth-order valence-corrected chi connectivity index (χ4v) is 2.88. The molecule has 1 atom stereocenters. The summed E-state index contributed by atoms with van der Waals surface area (Å²) in [5.74, 6) is 2.30. The Labute approximate surface area is 158 Å². The summed E-state index contributed by atoms with van der Waals surface area (Å²) in [7, 11) is 3.59. The molecule has 1 aromatic carbocycles. The zero-order chi connectivity index (χ0) is 19.0. The minimum absolute atomic E-state index is 0.175. The third kappa shape index (κ3) is 6.52. The number of hydrogen-bond acceptors (Lipinski definition) is 3. The van der Waals surface area contributed by atoms with Crippen molar-refractivity contribution >= 4 is 5.96 Å². The molecule has 2 rings (SSSR count). The van der Waals surface area contributed by atoms with Gasteiger partial charge >= 0.3 is 0 Å². The normalized spacial score (nSPS) is 17.1. The molecular weight excluding hydrogens is 326 g/mol. The molecule has 1 aliphatic carbocycles. The summed E-state index contributed by atoms with van der Waals surface area (Å²) in [4.78, 5) is 4.37. The standard InChI is InChI=1S/C21H35N3O2/c1-16(2)14-26-19-8-6-18(7-9-19)17(3)24-20(22-4)23-15-21(10-11-21)12-13-25-5/h6-9,16-17H,10-15H2,1-5H3,(H2,22,23,24). The molecule has 1 fully saturated rings. The van der Waals surface area contributed by atoms with Gasteiger partial charge in [-0.25, -0.2) is 0 Å². The van der Waals surface area contributed by atoms with Gasteiger partial charge in [-0.1, -0.05) is 26.0 Å². The maximum Gasteiger partial charge on any atom is 0.191 e. The highest BCUT2D eigenvalue weighted by molar-refractivity contribution is 5.80. The SMILES string of the molecule is CN=C(NCC1(CCOC)CC1)NC(C)c1ccc(OCC(C)C)cc1. The van der Waals surface area contributed by atoms with Crippen LogP contribution in [0.1, 0.15) is 51.6 Å². The minimum atomic E-state index is 0.175. The van der Waals surface area contributed by atoms with Crippen molar-refractivity contribution < 1.29 is 9.47 Å². The number of hydrogen-bond donors (Lipinski definition) is 2. The van der Waals surface area contributed by atoms with E-state index in [1.807, 2.05) is 19.2 Å². The van der Waals surface area contributed by atoms with Gasteiger partial charge in [0.15, 0.2) is 5.96 Å². The first-order chi connectivity index (χ1) is 12.5. The van der Waals surface area contributed by atoms with Crippen LogP contribution >= 0.6 is 0 Å². The average molecular weight is 362 g/mol. The molecule has 0 saturated heterocycles. The Morgan fingerprint density at radius 3 is 2.42 bits per heavy atom. The van der Waals surface area contributed by atoms with Crippen molar-refractivity contribution in [3.05, 3.63) is 29.8 Å². The number of guanidine groups is 1. The van der Waals surface area contributed by atoms with Crippen LogP contribution in [0.4, 0.5) is 0 Å². The van der Waals surface area contributed by atoms with Gasteiger partial charge in [0.2, 0.25) is 0 Å². The van der Waals surface area contributed by atoms with Gasteiger partial charge in [0, 0.05) is 27.3 Å². The quantitative estimate of drug-likeness (QED) is 0.492. The van der Waals surface area contributed by atoms with Crippen LogP contribution in [-0.4, -0.2) is 39.9 Å². The molecule has 0 radical (unpaired) electrons. The van der Waals surface area contributed by atoms with Crippen molar-refractivity contribution in [3.8, 4) is 5.75 Å². The Morgan fingerprint density at radius 1 is 1.19 bits per heavy atom. The number of methoxy groups -OCH3 is 1. The summed E-state index contributed by atoms with van der Waals surface area (Å²) in [5, 5.41) is 6.96. The molecule has 146 valence electrons. The van der Waals surface area contributed by atoms with Crippen LogP contribution in [0.25, 0.3) is 0 Å². The molecule has 0 amide bonds. The Kier molecular flexibility index (Phi) is 7.76. The zero-order valence-corrected chi connectivity index (χ0v) is 17.0. The van der Waals surface area contributed by atoms with Gasteiger partial charge in [0.25, 0.3) is 0 Å². The summed E-state index contributed by atoms with van der Waals surface area (Å²) < 4.78 is 11.0. The van der Waals surface area contributed by atoms with E-state index in [2.05, 4.69) is 48.5 Å². The molecular formula is C21H35N3O2. The summed E-state index contributed by atoms with van der Waals surface area (Å²) in [6.45, 7) is 8.98. The van der Waals surface area contributed by atoms with Crippen molar-refractivity contribution in [2.24, 2.45) is 16.3 Å². The zero-order valence-electron chi connectivity index (χ0n) is 17.0. The fourth-order valence-electron chi connectivity index (χ4n) is 2.88. The van der Waals surface area contributed by atoms with Crippen LogP contribution in [0, 0.1) is 11.3 Å². The van der Waals surface area contributed by atoms with Gasteiger partial charge in [0.1, 0.15) is 5.75 Å². The molecule has 0 aliphatic heterocycles. The molecule has 5 heteroatoms. The molecule has 1 aliphatic rings. The van der Waals surface area contributed by atoms with Gasteiger partial charge in [-0.2, -0.15) is 0 Å². The molecule has 0 spiro atoms. The van der Waals surface area contributed by atoms with E-state index in [1.54, 1.807) is 7.11 Å². The Bertz CT molecular complexity index is 565. The Hall–Kier alpha value is -1.75. The van der Waals surface area contributed by atoms with Gasteiger partial charge in [-0.15, -0.1) is 0 Å². The molecule has 1 aromatic rings. The molecule has 1 saturated carbocycles. The number of ether oxygens (including phenoxy) is 2. The van der Waals surface area contributed by atoms with Crippen molar-refractivity contribution in [3.63, 3.8) is 0 Å². The topological polar surface area (TPSA) is 54.9 Å². The summed E-state index contributed by atoms with van der Waals surface area (Å²) in [5.41, 5.74) is 1.61. The number of benzene rings is 1. The second-order valence-corrected chi connectivity index (χ2v) is 7.81. The smallest absolute Gasteiger partial charge is 0.191 e. The largest absolute Gasteiger partial charge is 0.493 e. The van der Waals surface area contributed by atoms with E-state index in [0.717, 1.165) is 37.9 Å². The third-order valence-electron chi connectivity index (χ3n) is 4.96. The second kappa shape index (κ2) is 9.81. The van der Waals surface area contributed by atoms with Crippen LogP contribution in [0.5, 0.6) is 5.75 Å². The number of rotatable bonds is 10. The van der Waals surface area contributed by atoms with E-state index in [1.165, 1.54) is 18.4 Å². The fraction of sp³-hybridized carbons (Fsp3) is 0.667. The molecule has 2 N–H and O–H groups in total. The van der Waals surface area contributed by atoms with Gasteiger partial charge in [0.05, 0.1) is 12.6 Å². The van der Waals surface area contributed by atoms with E-state index in [4.69, 9.17) is 9.47 Å². The van der Waals surface area contributed by atoms with Crippen molar-refractivity contribution in [2.75, 3.05) is 33.9 Å². The predicted octanol–water partition coefficient (Wildman–Crippen LogP) is 3.76. The van der Waals surface area contributed by atoms with Crippen LogP contribution in [0.15, 0.2) is 29.3 Å². The lowest BCUT2D eigenvalue weighted by molar-refractivity contribution is 0.172. The van der Waals surface area contributed by atoms with Crippen LogP contribution in [-0.2, 0) is 4.74 Å². The van der Waals surface area contributed by atoms with Gasteiger partial charge in [-0.05, 0) is 55.2 Å². The molecule has 0 bridgehead atoms. The minimum Gasteiger partial charge on any atom is -0.493 e. The van der Waals surface area contributed by atoms with Gasteiger partial charge in [-0.3, -0.25) is 4.99 Å². The second-order valence-electron chi connectivity index (χ2n) is 7.81. The first-order valence-corrected chi connectivity index (χ1v) is 9.67. The summed E-state index contributed by atoms with van der Waals surface area (Å²) >= 11 is 0. The highest BCUT2D eigenvalue weighted by Crippen LogP contribution is 2.48. The summed E-state index contributed by atoms with van der Waals surface area (Å²) in [6.07, 6.45) is 3.66. The molecule has 5 nitrogen and oxygen atoms in total. The predicted molar refractivity (Wildman–Crippen MR) is 108 cm³/mol. The van der Waals surface area contributed by atoms with E-state index in [-0.39, 0.29) is 6.04 Å². The van der Waals surface area contributed by atoms with Crippen LogP contribution < -0.4 is 15.4 Å². The molecule has 0 heterocycles. The Balaban J connectivity index is 1.82. The van der Waals surface area contributed by atoms with Crippen LogP contribution in [0.3, 0.4) is 0 Å². The number of nitrogens with one attached hydrogen (secondary N) is 2. The first kappa shape index (κ1) is 20.6. The lowest BCUT2D eigenvalue weighted by Gasteiger charge is -2.21. The monoisotopic (exact) mass is 361 g/mol. The van der Waals surface area contributed by atoms with E-state index < -0.39 is 0 Å². The maximum absolute atomic E-state index is 5.75. The van der Waals surface area contributed by atoms with E-state index >= 15 is 0 Å². The van der Waals surface area contributed by atoms with E-state index in [0.29, 0.717) is 11.3 Å². The lowest BCUT2D eigenvalue weighted by Crippen LogP contribution is -2.41. The molecule has 1 unspecified atom stereocenters. The molecule has 0 aromatic heterocycles. The van der Waals surface area contributed by atoms with Gasteiger partial charge < -0.3 is 20.1 Å². The third-order valence-corrected chi connectivity index (χ3v) is 4.96. The van der Waals surface area contributed by atoms with Crippen molar-refractivity contribution in [1.82, 2.24) is 10.6 Å².